The van der Waals surface area contributed by atoms with Crippen molar-refractivity contribution in [2.75, 3.05) is 53.6 Å². The van der Waals surface area contributed by atoms with E-state index in [2.05, 4.69) is 14.1 Å². The van der Waals surface area contributed by atoms with Gasteiger partial charge in [-0.05, 0) is 20.8 Å². The highest BCUT2D eigenvalue weighted by Crippen LogP contribution is 2.18. The molecule has 110 valence electrons. The third kappa shape index (κ3) is 6.82. The molecule has 0 amide bonds. The van der Waals surface area contributed by atoms with E-state index < -0.39 is 8.80 Å². The summed E-state index contributed by atoms with van der Waals surface area (Å²) in [6.45, 7) is 9.54. The maximum Gasteiger partial charge on any atom is 0.506 e. The molecule has 0 rings (SSSR count). The van der Waals surface area contributed by atoms with Gasteiger partial charge < -0.3 is 22.9 Å². The zero-order valence-corrected chi connectivity index (χ0v) is 13.6. The molecule has 0 spiro atoms. The first kappa shape index (κ1) is 18.0. The minimum Gasteiger partial charge on any atom is -0.391 e. The Kier molecular flexibility index (Phi) is 9.01. The molecule has 0 aliphatic rings. The lowest BCUT2D eigenvalue weighted by Crippen LogP contribution is -2.52. The molecule has 0 saturated heterocycles. The number of nitrogens with zero attached hydrogens (tertiary/aromatic N) is 1. The van der Waals surface area contributed by atoms with Crippen LogP contribution in [0.25, 0.3) is 0 Å². The fourth-order valence-corrected chi connectivity index (χ4v) is 4.71. The number of rotatable bonds is 11. The summed E-state index contributed by atoms with van der Waals surface area (Å²) in [6, 6.07) is 0.787. The van der Waals surface area contributed by atoms with Crippen LogP contribution in [-0.2, 0) is 13.3 Å². The molecule has 0 radical (unpaired) electrons. The van der Waals surface area contributed by atoms with Gasteiger partial charge in [0.2, 0.25) is 0 Å². The quantitative estimate of drug-likeness (QED) is 0.455. The van der Waals surface area contributed by atoms with E-state index in [1.165, 1.54) is 0 Å². The van der Waals surface area contributed by atoms with Crippen molar-refractivity contribution in [1.29, 1.82) is 0 Å². The molecule has 1 N–H and O–H groups in total. The van der Waals surface area contributed by atoms with Gasteiger partial charge in [-0.25, -0.2) is 0 Å². The lowest BCUT2D eigenvalue weighted by Gasteiger charge is -2.34. The molecule has 0 fully saturated rings. The first-order chi connectivity index (χ1) is 8.45. The van der Waals surface area contributed by atoms with Gasteiger partial charge >= 0.3 is 8.80 Å². The standard InChI is InChI=1S/C12H30NO4Si/c1-6-15-18(16-7-2,17-8-3)12-10-13(4,5)9-11-14/h14H,6-12H2,1-5H3/q+1. The normalized spacial score (nSPS) is 13.0. The predicted molar refractivity (Wildman–Crippen MR) is 74.4 cm³/mol. The molecular formula is C12H30NO4Si+. The summed E-state index contributed by atoms with van der Waals surface area (Å²) in [7, 11) is 1.66. The molecule has 0 atom stereocenters. The molecule has 5 nitrogen and oxygen atoms in total. The van der Waals surface area contributed by atoms with E-state index in [1.54, 1.807) is 0 Å². The monoisotopic (exact) mass is 280 g/mol. The van der Waals surface area contributed by atoms with Crippen molar-refractivity contribution >= 4 is 8.80 Å². The first-order valence-corrected chi connectivity index (χ1v) is 8.73. The smallest absolute Gasteiger partial charge is 0.391 e. The summed E-state index contributed by atoms with van der Waals surface area (Å²) in [5.41, 5.74) is 0. The van der Waals surface area contributed by atoms with Gasteiger partial charge in [-0.15, -0.1) is 0 Å². The minimum atomic E-state index is -2.53. The summed E-state index contributed by atoms with van der Waals surface area (Å²) in [5.74, 6) is 0. The Hall–Kier alpha value is 0.0169. The Morgan fingerprint density at radius 3 is 1.67 bits per heavy atom. The van der Waals surface area contributed by atoms with Crippen molar-refractivity contribution in [1.82, 2.24) is 0 Å². The van der Waals surface area contributed by atoms with Crippen LogP contribution in [0.15, 0.2) is 0 Å². The van der Waals surface area contributed by atoms with Gasteiger partial charge in [-0.1, -0.05) is 0 Å². The SMILES string of the molecule is CCO[Si](CC[N+](C)(C)CCO)(OCC)OCC. The van der Waals surface area contributed by atoms with Gasteiger partial charge in [-0.2, -0.15) is 0 Å². The van der Waals surface area contributed by atoms with E-state index in [1.807, 2.05) is 20.8 Å². The molecule has 0 aromatic heterocycles. The van der Waals surface area contributed by atoms with E-state index >= 15 is 0 Å². The highest BCUT2D eigenvalue weighted by Gasteiger charge is 2.42. The average molecular weight is 280 g/mol. The molecule has 0 aromatic rings. The highest BCUT2D eigenvalue weighted by molar-refractivity contribution is 6.60. The van der Waals surface area contributed by atoms with Crippen LogP contribution < -0.4 is 0 Å². The second-order valence-corrected chi connectivity index (χ2v) is 7.57. The molecule has 0 saturated carbocycles. The Morgan fingerprint density at radius 2 is 1.33 bits per heavy atom. The van der Waals surface area contributed by atoms with Crippen LogP contribution in [0.2, 0.25) is 6.04 Å². The number of quaternary nitrogens is 1. The highest BCUT2D eigenvalue weighted by atomic mass is 28.4. The molecule has 0 aliphatic carbocycles. The van der Waals surface area contributed by atoms with Crippen LogP contribution in [0.4, 0.5) is 0 Å². The van der Waals surface area contributed by atoms with E-state index in [0.29, 0.717) is 19.8 Å². The second-order valence-electron chi connectivity index (χ2n) is 4.84. The topological polar surface area (TPSA) is 47.9 Å². The van der Waals surface area contributed by atoms with Crippen LogP contribution >= 0.6 is 0 Å². The van der Waals surface area contributed by atoms with Crippen LogP contribution in [0.3, 0.4) is 0 Å². The van der Waals surface area contributed by atoms with Gasteiger partial charge in [0.15, 0.2) is 0 Å². The number of aliphatic hydroxyl groups is 1. The van der Waals surface area contributed by atoms with E-state index in [0.717, 1.165) is 23.6 Å². The zero-order valence-electron chi connectivity index (χ0n) is 12.6. The van der Waals surface area contributed by atoms with Crippen LogP contribution in [-0.4, -0.2) is 72.0 Å². The fraction of sp³-hybridized carbons (Fsp3) is 1.00. The molecule has 0 bridgehead atoms. The summed E-state index contributed by atoms with van der Waals surface area (Å²) < 4.78 is 18.2. The predicted octanol–water partition coefficient (Wildman–Crippen LogP) is 1.10. The Labute approximate surface area is 113 Å². The molecule has 0 heterocycles. The lowest BCUT2D eigenvalue weighted by molar-refractivity contribution is -0.888. The van der Waals surface area contributed by atoms with Crippen LogP contribution in [0, 0.1) is 0 Å². The Bertz CT molecular complexity index is 197. The molecule has 6 heteroatoms. The molecule has 0 aromatic carbocycles. The number of aliphatic hydroxyl groups excluding tert-OH is 1. The van der Waals surface area contributed by atoms with Crippen molar-refractivity contribution in [3.05, 3.63) is 0 Å². The number of likely N-dealkylation sites (N-methyl/N-ethyl adjacent to an activating group) is 1. The van der Waals surface area contributed by atoms with Gasteiger partial charge in [0.1, 0.15) is 6.54 Å². The minimum absolute atomic E-state index is 0.194. The number of hydrogen-bond acceptors (Lipinski definition) is 4. The first-order valence-electron chi connectivity index (χ1n) is 6.80. The summed E-state index contributed by atoms with van der Waals surface area (Å²) in [4.78, 5) is 0. The van der Waals surface area contributed by atoms with E-state index in [9.17, 15) is 0 Å². The summed E-state index contributed by atoms with van der Waals surface area (Å²) in [5, 5.41) is 9.04. The third-order valence-electron chi connectivity index (χ3n) is 2.82. The number of hydrogen-bond donors (Lipinski definition) is 1. The summed E-state index contributed by atoms with van der Waals surface area (Å²) >= 11 is 0. The van der Waals surface area contributed by atoms with Crippen molar-refractivity contribution in [2.45, 2.75) is 26.8 Å². The summed E-state index contributed by atoms with van der Waals surface area (Å²) in [6.07, 6.45) is 0. The molecule has 0 unspecified atom stereocenters. The van der Waals surface area contributed by atoms with Crippen molar-refractivity contribution < 1.29 is 22.9 Å². The van der Waals surface area contributed by atoms with Crippen LogP contribution in [0.1, 0.15) is 20.8 Å². The molecular weight excluding hydrogens is 250 g/mol. The van der Waals surface area contributed by atoms with Gasteiger partial charge in [0.05, 0.1) is 33.3 Å². The van der Waals surface area contributed by atoms with Crippen LogP contribution in [0.5, 0.6) is 0 Å². The Balaban J connectivity index is 4.55. The van der Waals surface area contributed by atoms with Gasteiger partial charge in [0.25, 0.3) is 0 Å². The van der Waals surface area contributed by atoms with Crippen molar-refractivity contribution in [3.63, 3.8) is 0 Å². The van der Waals surface area contributed by atoms with Crippen molar-refractivity contribution in [3.8, 4) is 0 Å². The van der Waals surface area contributed by atoms with Gasteiger partial charge in [0, 0.05) is 19.8 Å². The molecule has 0 aliphatic heterocycles. The lowest BCUT2D eigenvalue weighted by atomic mass is 10.4. The second kappa shape index (κ2) is 9.01. The Morgan fingerprint density at radius 1 is 0.889 bits per heavy atom. The fourth-order valence-electron chi connectivity index (χ4n) is 1.82. The maximum absolute atomic E-state index is 9.04. The van der Waals surface area contributed by atoms with Gasteiger partial charge in [-0.3, -0.25) is 0 Å². The average Bonchev–Trinajstić information content (AvgIpc) is 2.28. The largest absolute Gasteiger partial charge is 0.506 e. The molecule has 18 heavy (non-hydrogen) atoms. The van der Waals surface area contributed by atoms with E-state index in [4.69, 9.17) is 18.4 Å². The third-order valence-corrected chi connectivity index (χ3v) is 5.84. The van der Waals surface area contributed by atoms with Crippen molar-refractivity contribution in [2.24, 2.45) is 0 Å². The van der Waals surface area contributed by atoms with E-state index in [-0.39, 0.29) is 6.61 Å². The zero-order chi connectivity index (χ0) is 14.1. The maximum atomic E-state index is 9.04.